The summed E-state index contributed by atoms with van der Waals surface area (Å²) in [6.07, 6.45) is 2.58. The number of hydrogen-bond donors (Lipinski definition) is 1. The van der Waals surface area contributed by atoms with Gasteiger partial charge in [0, 0.05) is 31.8 Å². The van der Waals surface area contributed by atoms with Gasteiger partial charge in [0.2, 0.25) is 0 Å². The number of ether oxygens (including phenoxy) is 1. The van der Waals surface area contributed by atoms with Gasteiger partial charge in [0.15, 0.2) is 5.76 Å². The molecule has 120 valence electrons. The summed E-state index contributed by atoms with van der Waals surface area (Å²) >= 11 is 0. The van der Waals surface area contributed by atoms with Crippen LogP contribution in [-0.2, 0) is 17.9 Å². The molecule has 1 N–H and O–H groups in total. The zero-order valence-corrected chi connectivity index (χ0v) is 13.8. The maximum Gasteiger partial charge on any atom is 0.162 e. The maximum atomic E-state index is 5.25. The molecule has 0 radical (unpaired) electrons. The maximum absolute atomic E-state index is 5.25. The first kappa shape index (κ1) is 16.5. The Labute approximate surface area is 128 Å². The van der Waals surface area contributed by atoms with Crippen molar-refractivity contribution in [2.75, 3.05) is 26.7 Å². The van der Waals surface area contributed by atoms with E-state index in [9.17, 15) is 0 Å². The van der Waals surface area contributed by atoms with Crippen molar-refractivity contribution in [2.45, 2.75) is 52.3 Å². The molecule has 0 amide bonds. The Hall–Kier alpha value is -0.910. The number of methoxy groups -OCH3 is 1. The average molecular weight is 295 g/mol. The molecule has 1 saturated heterocycles. The zero-order chi connectivity index (χ0) is 15.3. The van der Waals surface area contributed by atoms with Crippen LogP contribution in [0.1, 0.15) is 45.1 Å². The summed E-state index contributed by atoms with van der Waals surface area (Å²) in [6.45, 7) is 11.4. The van der Waals surface area contributed by atoms with Crippen LogP contribution in [0.3, 0.4) is 0 Å². The van der Waals surface area contributed by atoms with Crippen LogP contribution in [-0.4, -0.2) is 42.3 Å². The fourth-order valence-electron chi connectivity index (χ4n) is 2.78. The van der Waals surface area contributed by atoms with Crippen molar-refractivity contribution in [3.8, 4) is 0 Å². The summed E-state index contributed by atoms with van der Waals surface area (Å²) in [5.41, 5.74) is 1.20. The minimum absolute atomic E-state index is 0.198. The van der Waals surface area contributed by atoms with E-state index in [-0.39, 0.29) is 5.54 Å². The van der Waals surface area contributed by atoms with Crippen molar-refractivity contribution in [3.05, 3.63) is 17.5 Å². The van der Waals surface area contributed by atoms with E-state index >= 15 is 0 Å². The Morgan fingerprint density at radius 1 is 1.48 bits per heavy atom. The Kier molecular flexibility index (Phi) is 5.79. The Balaban J connectivity index is 1.80. The van der Waals surface area contributed by atoms with Crippen LogP contribution in [0.4, 0.5) is 0 Å². The summed E-state index contributed by atoms with van der Waals surface area (Å²) in [5, 5.41) is 7.75. The number of rotatable bonds is 6. The molecule has 5 heteroatoms. The molecule has 0 bridgehead atoms. The second-order valence-electron chi connectivity index (χ2n) is 7.09. The summed E-state index contributed by atoms with van der Waals surface area (Å²) in [7, 11) is 1.67. The number of nitrogens with zero attached hydrogens (tertiary/aromatic N) is 2. The Morgan fingerprint density at radius 3 is 3.00 bits per heavy atom. The predicted molar refractivity (Wildman–Crippen MR) is 83.0 cm³/mol. The van der Waals surface area contributed by atoms with E-state index in [4.69, 9.17) is 9.26 Å². The molecule has 1 fully saturated rings. The van der Waals surface area contributed by atoms with Crippen LogP contribution in [0.2, 0.25) is 0 Å². The van der Waals surface area contributed by atoms with Crippen LogP contribution < -0.4 is 5.32 Å². The molecule has 0 spiro atoms. The van der Waals surface area contributed by atoms with Crippen molar-refractivity contribution in [3.63, 3.8) is 0 Å². The molecule has 0 aliphatic carbocycles. The van der Waals surface area contributed by atoms with Crippen LogP contribution in [0.5, 0.6) is 0 Å². The summed E-state index contributed by atoms with van der Waals surface area (Å²) < 4.78 is 10.3. The highest BCUT2D eigenvalue weighted by Gasteiger charge is 2.22. The third-order valence-corrected chi connectivity index (χ3v) is 3.80. The van der Waals surface area contributed by atoms with E-state index in [1.165, 1.54) is 12.8 Å². The first-order valence-corrected chi connectivity index (χ1v) is 7.87. The van der Waals surface area contributed by atoms with Gasteiger partial charge in [0.05, 0.1) is 5.69 Å². The Morgan fingerprint density at radius 2 is 2.29 bits per heavy atom. The highest BCUT2D eigenvalue weighted by molar-refractivity contribution is 5.04. The van der Waals surface area contributed by atoms with Crippen LogP contribution in [0, 0.1) is 5.92 Å². The molecule has 1 atom stereocenters. The molecule has 0 aromatic carbocycles. The van der Waals surface area contributed by atoms with Gasteiger partial charge in [-0.3, -0.25) is 4.90 Å². The highest BCUT2D eigenvalue weighted by Crippen LogP contribution is 2.19. The van der Waals surface area contributed by atoms with Crippen LogP contribution in [0.15, 0.2) is 10.6 Å². The Bertz CT molecular complexity index is 425. The molecular formula is C16H29N3O2. The number of aromatic nitrogens is 1. The van der Waals surface area contributed by atoms with E-state index in [2.05, 4.69) is 36.1 Å². The van der Waals surface area contributed by atoms with Crippen molar-refractivity contribution >= 4 is 0 Å². The van der Waals surface area contributed by atoms with E-state index in [1.807, 2.05) is 6.07 Å². The lowest BCUT2D eigenvalue weighted by Gasteiger charge is -2.34. The average Bonchev–Trinajstić information content (AvgIpc) is 2.84. The predicted octanol–water partition coefficient (Wildman–Crippen LogP) is 2.42. The zero-order valence-electron chi connectivity index (χ0n) is 13.8. The lowest BCUT2D eigenvalue weighted by atomic mass is 9.96. The second kappa shape index (κ2) is 7.38. The third-order valence-electron chi connectivity index (χ3n) is 3.80. The van der Waals surface area contributed by atoms with Gasteiger partial charge in [-0.15, -0.1) is 0 Å². The van der Waals surface area contributed by atoms with E-state index < -0.39 is 0 Å². The van der Waals surface area contributed by atoms with Gasteiger partial charge in [-0.25, -0.2) is 0 Å². The fraction of sp³-hybridized carbons (Fsp3) is 0.812. The van der Waals surface area contributed by atoms with Gasteiger partial charge in [0.1, 0.15) is 6.61 Å². The number of likely N-dealkylation sites (tertiary alicyclic amines) is 1. The summed E-state index contributed by atoms with van der Waals surface area (Å²) in [5.74, 6) is 1.53. The lowest BCUT2D eigenvalue weighted by Crippen LogP contribution is -2.44. The van der Waals surface area contributed by atoms with Crippen molar-refractivity contribution in [2.24, 2.45) is 5.92 Å². The standard InChI is InChI=1S/C16H29N3O2/c1-16(2,3)17-9-13-6-5-7-19(10-13)11-14-8-15(12-20-4)21-18-14/h8,13,17H,5-7,9-12H2,1-4H3. The van der Waals surface area contributed by atoms with E-state index in [1.54, 1.807) is 7.11 Å². The van der Waals surface area contributed by atoms with E-state index in [0.717, 1.165) is 43.6 Å². The largest absolute Gasteiger partial charge is 0.377 e. The molecule has 2 heterocycles. The van der Waals surface area contributed by atoms with Crippen LogP contribution in [0.25, 0.3) is 0 Å². The minimum Gasteiger partial charge on any atom is -0.377 e. The SMILES string of the molecule is COCc1cc(CN2CCCC(CNC(C)(C)C)C2)no1. The van der Waals surface area contributed by atoms with E-state index in [0.29, 0.717) is 6.61 Å². The molecule has 1 aliphatic heterocycles. The first-order chi connectivity index (χ1) is 9.96. The van der Waals surface area contributed by atoms with Gasteiger partial charge in [0.25, 0.3) is 0 Å². The van der Waals surface area contributed by atoms with Crippen molar-refractivity contribution in [1.29, 1.82) is 0 Å². The second-order valence-corrected chi connectivity index (χ2v) is 7.09. The van der Waals surface area contributed by atoms with Gasteiger partial charge >= 0.3 is 0 Å². The molecule has 1 aliphatic rings. The quantitative estimate of drug-likeness (QED) is 0.873. The molecule has 1 unspecified atom stereocenters. The number of nitrogens with one attached hydrogen (secondary N) is 1. The molecule has 2 rings (SSSR count). The van der Waals surface area contributed by atoms with Gasteiger partial charge < -0.3 is 14.6 Å². The fourth-order valence-corrected chi connectivity index (χ4v) is 2.78. The molecule has 1 aromatic heterocycles. The van der Waals surface area contributed by atoms with Gasteiger partial charge in [-0.1, -0.05) is 5.16 Å². The molecule has 0 saturated carbocycles. The smallest absolute Gasteiger partial charge is 0.162 e. The number of piperidine rings is 1. The van der Waals surface area contributed by atoms with Gasteiger partial charge in [-0.05, 0) is 52.6 Å². The van der Waals surface area contributed by atoms with Gasteiger partial charge in [-0.2, -0.15) is 0 Å². The summed E-state index contributed by atoms with van der Waals surface area (Å²) in [6, 6.07) is 2.00. The van der Waals surface area contributed by atoms with Crippen molar-refractivity contribution < 1.29 is 9.26 Å². The first-order valence-electron chi connectivity index (χ1n) is 7.87. The number of hydrogen-bond acceptors (Lipinski definition) is 5. The molecule has 1 aromatic rings. The minimum atomic E-state index is 0.198. The van der Waals surface area contributed by atoms with Crippen molar-refractivity contribution in [1.82, 2.24) is 15.4 Å². The molecule has 5 nitrogen and oxygen atoms in total. The summed E-state index contributed by atoms with van der Waals surface area (Å²) in [4.78, 5) is 2.48. The van der Waals surface area contributed by atoms with Crippen LogP contribution >= 0.6 is 0 Å². The lowest BCUT2D eigenvalue weighted by molar-refractivity contribution is 0.151. The highest BCUT2D eigenvalue weighted by atomic mass is 16.5. The molecule has 21 heavy (non-hydrogen) atoms. The normalized spacial score (nSPS) is 20.9. The topological polar surface area (TPSA) is 50.5 Å². The molecular weight excluding hydrogens is 266 g/mol. The monoisotopic (exact) mass is 295 g/mol. The third kappa shape index (κ3) is 5.77.